The standard InChI is InChI=1S/C6H13FN2/c1-8-4-6-2-5(7)3-9-6/h5-6,8-9H,2-4H2,1H3/t5-,6+/m0/s1. The number of rotatable bonds is 2. The summed E-state index contributed by atoms with van der Waals surface area (Å²) in [6.45, 7) is 1.41. The average molecular weight is 132 g/mol. The number of alkyl halides is 1. The lowest BCUT2D eigenvalue weighted by atomic mass is 10.2. The molecule has 1 aliphatic rings. The molecule has 0 aliphatic carbocycles. The van der Waals surface area contributed by atoms with Crippen molar-refractivity contribution in [3.05, 3.63) is 0 Å². The molecule has 0 saturated carbocycles. The molecule has 1 rings (SSSR count). The molecule has 54 valence electrons. The van der Waals surface area contributed by atoms with Gasteiger partial charge in [0.05, 0.1) is 0 Å². The summed E-state index contributed by atoms with van der Waals surface area (Å²) in [4.78, 5) is 0. The average Bonchev–Trinajstić information content (AvgIpc) is 2.17. The van der Waals surface area contributed by atoms with Crippen LogP contribution in [0.1, 0.15) is 6.42 Å². The van der Waals surface area contributed by atoms with E-state index in [0.717, 1.165) is 6.54 Å². The van der Waals surface area contributed by atoms with Gasteiger partial charge in [-0.05, 0) is 13.5 Å². The smallest absolute Gasteiger partial charge is 0.114 e. The van der Waals surface area contributed by atoms with Crippen LogP contribution in [0.4, 0.5) is 4.39 Å². The molecule has 2 nitrogen and oxygen atoms in total. The molecule has 1 aliphatic heterocycles. The Hall–Kier alpha value is -0.150. The Bertz CT molecular complexity index is 85.1. The van der Waals surface area contributed by atoms with Gasteiger partial charge in [-0.3, -0.25) is 0 Å². The lowest BCUT2D eigenvalue weighted by Gasteiger charge is -2.06. The summed E-state index contributed by atoms with van der Waals surface area (Å²) < 4.78 is 12.4. The van der Waals surface area contributed by atoms with Crippen LogP contribution in [-0.2, 0) is 0 Å². The van der Waals surface area contributed by atoms with E-state index in [-0.39, 0.29) is 0 Å². The van der Waals surface area contributed by atoms with Gasteiger partial charge in [-0.1, -0.05) is 0 Å². The van der Waals surface area contributed by atoms with Gasteiger partial charge >= 0.3 is 0 Å². The summed E-state index contributed by atoms with van der Waals surface area (Å²) in [5.74, 6) is 0. The van der Waals surface area contributed by atoms with Gasteiger partial charge in [0.25, 0.3) is 0 Å². The first kappa shape index (κ1) is 6.96. The first-order valence-corrected chi connectivity index (χ1v) is 3.35. The van der Waals surface area contributed by atoms with E-state index in [1.807, 2.05) is 7.05 Å². The molecule has 2 atom stereocenters. The zero-order valence-corrected chi connectivity index (χ0v) is 5.65. The summed E-state index contributed by atoms with van der Waals surface area (Å²) >= 11 is 0. The largest absolute Gasteiger partial charge is 0.318 e. The van der Waals surface area contributed by atoms with E-state index >= 15 is 0 Å². The van der Waals surface area contributed by atoms with Gasteiger partial charge in [0, 0.05) is 19.1 Å². The Kier molecular flexibility index (Phi) is 2.42. The highest BCUT2D eigenvalue weighted by atomic mass is 19.1. The number of hydrogen-bond donors (Lipinski definition) is 2. The Morgan fingerprint density at radius 2 is 2.56 bits per heavy atom. The van der Waals surface area contributed by atoms with E-state index in [2.05, 4.69) is 10.6 Å². The molecule has 1 heterocycles. The van der Waals surface area contributed by atoms with Crippen molar-refractivity contribution < 1.29 is 4.39 Å². The second kappa shape index (κ2) is 3.13. The van der Waals surface area contributed by atoms with E-state index in [0.29, 0.717) is 19.0 Å². The molecule has 0 aromatic rings. The summed E-state index contributed by atoms with van der Waals surface area (Å²) in [5.41, 5.74) is 0. The highest BCUT2D eigenvalue weighted by molar-refractivity contribution is 4.82. The Morgan fingerprint density at radius 1 is 1.78 bits per heavy atom. The fourth-order valence-electron chi connectivity index (χ4n) is 1.17. The molecule has 9 heavy (non-hydrogen) atoms. The molecular weight excluding hydrogens is 119 g/mol. The zero-order valence-electron chi connectivity index (χ0n) is 5.65. The lowest BCUT2D eigenvalue weighted by molar-refractivity contribution is 0.354. The fraction of sp³-hybridized carbons (Fsp3) is 1.00. The third kappa shape index (κ3) is 1.91. The predicted molar refractivity (Wildman–Crippen MR) is 35.2 cm³/mol. The Labute approximate surface area is 54.8 Å². The van der Waals surface area contributed by atoms with E-state index in [1.54, 1.807) is 0 Å². The Morgan fingerprint density at radius 3 is 3.00 bits per heavy atom. The van der Waals surface area contributed by atoms with Crippen LogP contribution in [0.15, 0.2) is 0 Å². The molecule has 0 amide bonds. The van der Waals surface area contributed by atoms with E-state index in [4.69, 9.17) is 0 Å². The molecule has 0 bridgehead atoms. The van der Waals surface area contributed by atoms with Gasteiger partial charge in [0.2, 0.25) is 0 Å². The summed E-state index contributed by atoms with van der Waals surface area (Å²) in [7, 11) is 1.88. The molecule has 1 fully saturated rings. The zero-order chi connectivity index (χ0) is 6.69. The maximum absolute atomic E-state index is 12.4. The molecular formula is C6H13FN2. The van der Waals surface area contributed by atoms with Crippen molar-refractivity contribution in [2.45, 2.75) is 18.6 Å². The SMILES string of the molecule is CNC[C@H]1C[C@H](F)CN1. The normalized spacial score (nSPS) is 35.3. The van der Waals surface area contributed by atoms with Crippen molar-refractivity contribution in [1.82, 2.24) is 10.6 Å². The van der Waals surface area contributed by atoms with Gasteiger partial charge < -0.3 is 10.6 Å². The van der Waals surface area contributed by atoms with Crippen molar-refractivity contribution in [3.63, 3.8) is 0 Å². The molecule has 2 N–H and O–H groups in total. The van der Waals surface area contributed by atoms with Crippen LogP contribution in [-0.4, -0.2) is 32.4 Å². The third-order valence-corrected chi connectivity index (χ3v) is 1.62. The topological polar surface area (TPSA) is 24.1 Å². The van der Waals surface area contributed by atoms with Crippen molar-refractivity contribution >= 4 is 0 Å². The highest BCUT2D eigenvalue weighted by Crippen LogP contribution is 2.08. The van der Waals surface area contributed by atoms with Gasteiger partial charge in [-0.25, -0.2) is 4.39 Å². The highest BCUT2D eigenvalue weighted by Gasteiger charge is 2.21. The summed E-state index contributed by atoms with van der Waals surface area (Å²) in [6, 6.07) is 0.352. The third-order valence-electron chi connectivity index (χ3n) is 1.62. The van der Waals surface area contributed by atoms with Gasteiger partial charge in [-0.2, -0.15) is 0 Å². The van der Waals surface area contributed by atoms with Gasteiger partial charge in [0.15, 0.2) is 0 Å². The molecule has 0 aromatic heterocycles. The molecule has 0 unspecified atom stereocenters. The molecule has 1 saturated heterocycles. The van der Waals surface area contributed by atoms with Crippen LogP contribution >= 0.6 is 0 Å². The van der Waals surface area contributed by atoms with Crippen molar-refractivity contribution in [3.8, 4) is 0 Å². The molecule has 3 heteroatoms. The number of likely N-dealkylation sites (N-methyl/N-ethyl adjacent to an activating group) is 1. The van der Waals surface area contributed by atoms with Crippen molar-refractivity contribution in [2.75, 3.05) is 20.1 Å². The van der Waals surface area contributed by atoms with Crippen LogP contribution < -0.4 is 10.6 Å². The van der Waals surface area contributed by atoms with E-state index < -0.39 is 6.17 Å². The van der Waals surface area contributed by atoms with E-state index in [9.17, 15) is 4.39 Å². The van der Waals surface area contributed by atoms with Crippen LogP contribution in [0.3, 0.4) is 0 Å². The van der Waals surface area contributed by atoms with Crippen molar-refractivity contribution in [2.24, 2.45) is 0 Å². The first-order valence-electron chi connectivity index (χ1n) is 3.35. The number of nitrogens with one attached hydrogen (secondary N) is 2. The second-order valence-corrected chi connectivity index (χ2v) is 2.50. The number of hydrogen-bond acceptors (Lipinski definition) is 2. The summed E-state index contributed by atoms with van der Waals surface area (Å²) in [6.07, 6.45) is 0.0456. The van der Waals surface area contributed by atoms with Gasteiger partial charge in [0.1, 0.15) is 6.17 Å². The predicted octanol–water partition coefficient (Wildman–Crippen LogP) is -0.0942. The van der Waals surface area contributed by atoms with E-state index in [1.165, 1.54) is 0 Å². The maximum atomic E-state index is 12.4. The molecule has 0 radical (unpaired) electrons. The minimum Gasteiger partial charge on any atom is -0.318 e. The van der Waals surface area contributed by atoms with Crippen LogP contribution in [0, 0.1) is 0 Å². The lowest BCUT2D eigenvalue weighted by Crippen LogP contribution is -2.31. The Balaban J connectivity index is 2.14. The van der Waals surface area contributed by atoms with Gasteiger partial charge in [-0.15, -0.1) is 0 Å². The van der Waals surface area contributed by atoms with Crippen molar-refractivity contribution in [1.29, 1.82) is 0 Å². The first-order chi connectivity index (χ1) is 4.33. The molecule has 0 aromatic carbocycles. The fourth-order valence-corrected chi connectivity index (χ4v) is 1.17. The monoisotopic (exact) mass is 132 g/mol. The minimum atomic E-state index is -0.622. The second-order valence-electron chi connectivity index (χ2n) is 2.50. The quantitative estimate of drug-likeness (QED) is 0.548. The summed E-state index contributed by atoms with van der Waals surface area (Å²) in [5, 5.41) is 6.07. The van der Waals surface area contributed by atoms with Crippen LogP contribution in [0.5, 0.6) is 0 Å². The molecule has 0 spiro atoms. The maximum Gasteiger partial charge on any atom is 0.114 e. The van der Waals surface area contributed by atoms with Crippen LogP contribution in [0.2, 0.25) is 0 Å². The minimum absolute atomic E-state index is 0.352. The number of halogens is 1. The van der Waals surface area contributed by atoms with Crippen LogP contribution in [0.25, 0.3) is 0 Å².